The first-order valence-corrected chi connectivity index (χ1v) is 15.0. The highest BCUT2D eigenvalue weighted by atomic mass is 16.6. The van der Waals surface area contributed by atoms with Gasteiger partial charge in [0.1, 0.15) is 23.5 Å². The lowest BCUT2D eigenvalue weighted by atomic mass is 9.87. The fourth-order valence-corrected chi connectivity index (χ4v) is 5.36. The molecule has 0 spiro atoms. The molecular formula is C36H30O14. The number of carboxylic acid groups (broad SMARTS) is 2. The van der Waals surface area contributed by atoms with Crippen LogP contribution in [0.5, 0.6) is 34.5 Å². The first-order chi connectivity index (χ1) is 23.8. The summed E-state index contributed by atoms with van der Waals surface area (Å²) in [5.41, 5.74) is 1.12. The van der Waals surface area contributed by atoms with Gasteiger partial charge in [-0.3, -0.25) is 4.79 Å². The third kappa shape index (κ3) is 7.87. The van der Waals surface area contributed by atoms with Gasteiger partial charge in [-0.2, -0.15) is 0 Å². The minimum atomic E-state index is -1.71. The number of benzene rings is 4. The number of ether oxygens (including phenoxy) is 3. The van der Waals surface area contributed by atoms with E-state index in [1.54, 1.807) is 0 Å². The number of aliphatic carboxylic acids is 2. The van der Waals surface area contributed by atoms with E-state index in [9.17, 15) is 54.9 Å². The van der Waals surface area contributed by atoms with Gasteiger partial charge in [0.2, 0.25) is 12.2 Å². The average Bonchev–Trinajstić information content (AvgIpc) is 3.49. The van der Waals surface area contributed by atoms with Gasteiger partial charge < -0.3 is 50.0 Å². The lowest BCUT2D eigenvalue weighted by Gasteiger charge is -2.22. The molecule has 4 atom stereocenters. The number of aromatic hydroxyl groups is 5. The van der Waals surface area contributed by atoms with Crippen LogP contribution in [0.4, 0.5) is 0 Å². The third-order valence-electron chi connectivity index (χ3n) is 7.83. The van der Waals surface area contributed by atoms with Crippen LogP contribution in [0, 0.1) is 0 Å². The third-order valence-corrected chi connectivity index (χ3v) is 7.83. The van der Waals surface area contributed by atoms with Crippen LogP contribution < -0.4 is 4.74 Å². The zero-order chi connectivity index (χ0) is 36.1. The molecule has 14 nitrogen and oxygen atoms in total. The van der Waals surface area contributed by atoms with Crippen LogP contribution >= 0.6 is 0 Å². The first kappa shape index (κ1) is 34.6. The van der Waals surface area contributed by atoms with Crippen LogP contribution in [0.1, 0.15) is 39.8 Å². The topological polar surface area (TPSA) is 238 Å². The van der Waals surface area contributed by atoms with E-state index in [1.165, 1.54) is 72.8 Å². The smallest absolute Gasteiger partial charge is 0.345 e. The lowest BCUT2D eigenvalue weighted by Crippen LogP contribution is -2.32. The highest BCUT2D eigenvalue weighted by molar-refractivity contribution is 5.92. The van der Waals surface area contributed by atoms with E-state index in [4.69, 9.17) is 14.2 Å². The van der Waals surface area contributed by atoms with Crippen LogP contribution in [0.3, 0.4) is 0 Å². The summed E-state index contributed by atoms with van der Waals surface area (Å²) in [4.78, 5) is 50.8. The molecule has 0 saturated heterocycles. The number of carbonyl (C=O) groups is 4. The van der Waals surface area contributed by atoms with Gasteiger partial charge in [-0.25, -0.2) is 14.4 Å². The molecule has 0 fully saturated rings. The van der Waals surface area contributed by atoms with Gasteiger partial charge in [0.15, 0.2) is 23.0 Å². The number of esters is 2. The van der Waals surface area contributed by atoms with E-state index in [-0.39, 0.29) is 46.8 Å². The fourth-order valence-electron chi connectivity index (χ4n) is 5.36. The van der Waals surface area contributed by atoms with Crippen molar-refractivity contribution in [2.24, 2.45) is 0 Å². The molecule has 1 aliphatic rings. The molecule has 7 N–H and O–H groups in total. The van der Waals surface area contributed by atoms with E-state index in [0.717, 1.165) is 18.2 Å². The summed E-state index contributed by atoms with van der Waals surface area (Å²) in [6.07, 6.45) is -3.04. The maximum Gasteiger partial charge on any atom is 0.345 e. The maximum atomic E-state index is 13.9. The zero-order valence-corrected chi connectivity index (χ0v) is 25.9. The molecule has 0 aliphatic carbocycles. The van der Waals surface area contributed by atoms with Crippen molar-refractivity contribution in [3.8, 4) is 34.5 Å². The molecule has 4 aromatic carbocycles. The Morgan fingerprint density at radius 2 is 1.22 bits per heavy atom. The first-order valence-electron chi connectivity index (χ1n) is 15.0. The normalized spacial score (nSPS) is 16.2. The second-order valence-electron chi connectivity index (χ2n) is 11.3. The Bertz CT molecular complexity index is 1950. The van der Waals surface area contributed by atoms with Crippen LogP contribution in [0.25, 0.3) is 6.08 Å². The molecule has 258 valence electrons. The largest absolute Gasteiger partial charge is 0.508 e. The summed E-state index contributed by atoms with van der Waals surface area (Å²) >= 11 is 0. The van der Waals surface area contributed by atoms with Crippen molar-refractivity contribution in [3.05, 3.63) is 113 Å². The molecule has 5 rings (SSSR count). The second-order valence-corrected chi connectivity index (χ2v) is 11.3. The van der Waals surface area contributed by atoms with Crippen molar-refractivity contribution in [1.82, 2.24) is 0 Å². The van der Waals surface area contributed by atoms with E-state index in [2.05, 4.69) is 0 Å². The minimum Gasteiger partial charge on any atom is -0.508 e. The fraction of sp³-hybridized carbons (Fsp3) is 0.167. The molecule has 0 radical (unpaired) electrons. The number of fused-ring (bicyclic) bond motifs is 1. The van der Waals surface area contributed by atoms with Crippen molar-refractivity contribution in [3.63, 3.8) is 0 Å². The van der Waals surface area contributed by atoms with Crippen molar-refractivity contribution >= 4 is 30.0 Å². The average molecular weight is 687 g/mol. The summed E-state index contributed by atoms with van der Waals surface area (Å²) in [5.74, 6) is -8.37. The highest BCUT2D eigenvalue weighted by Crippen LogP contribution is 2.53. The quantitative estimate of drug-likeness (QED) is 0.0635. The van der Waals surface area contributed by atoms with Gasteiger partial charge >= 0.3 is 23.9 Å². The predicted octanol–water partition coefficient (Wildman–Crippen LogP) is 3.92. The van der Waals surface area contributed by atoms with Crippen molar-refractivity contribution < 1.29 is 69.1 Å². The Hall–Kier alpha value is -6.70. The maximum absolute atomic E-state index is 13.9. The van der Waals surface area contributed by atoms with E-state index >= 15 is 0 Å². The Morgan fingerprint density at radius 3 is 1.76 bits per heavy atom. The summed E-state index contributed by atoms with van der Waals surface area (Å²) in [7, 11) is 0. The number of hydrogen-bond donors (Lipinski definition) is 7. The van der Waals surface area contributed by atoms with Crippen LogP contribution in [-0.4, -0.2) is 71.8 Å². The van der Waals surface area contributed by atoms with Gasteiger partial charge in [-0.05, 0) is 70.8 Å². The molecule has 0 saturated carbocycles. The Kier molecular flexibility index (Phi) is 10.1. The number of rotatable bonds is 12. The van der Waals surface area contributed by atoms with Crippen molar-refractivity contribution in [2.45, 2.75) is 37.1 Å². The number of phenols is 5. The SMILES string of the molecule is O=C(/C=C/c1ccc(O)c2c1[C@H](C(=O)O[C@H](Cc1ccc(O)cc1)C(=O)O)[C@@H](c1ccc(O)c(O)c1)O2)O[C@H](Cc1ccc(O)cc1)C(=O)O. The van der Waals surface area contributed by atoms with Gasteiger partial charge in [0.25, 0.3) is 0 Å². The van der Waals surface area contributed by atoms with E-state index < -0.39 is 65.4 Å². The monoisotopic (exact) mass is 686 g/mol. The number of carbonyl (C=O) groups excluding carboxylic acids is 2. The Morgan fingerprint density at radius 1 is 0.680 bits per heavy atom. The molecular weight excluding hydrogens is 656 g/mol. The molecule has 0 unspecified atom stereocenters. The molecule has 1 heterocycles. The van der Waals surface area contributed by atoms with Crippen molar-refractivity contribution in [1.29, 1.82) is 0 Å². The van der Waals surface area contributed by atoms with Crippen LogP contribution in [0.2, 0.25) is 0 Å². The number of hydrogen-bond acceptors (Lipinski definition) is 12. The van der Waals surface area contributed by atoms with Crippen LogP contribution in [0.15, 0.2) is 84.9 Å². The molecule has 4 aromatic rings. The molecule has 1 aliphatic heterocycles. The van der Waals surface area contributed by atoms with Crippen LogP contribution in [-0.2, 0) is 41.5 Å². The summed E-state index contributed by atoms with van der Waals surface area (Å²) in [6.45, 7) is 0. The Labute approximate surface area is 283 Å². The van der Waals surface area contributed by atoms with Crippen molar-refractivity contribution in [2.75, 3.05) is 0 Å². The Balaban J connectivity index is 1.47. The molecule has 50 heavy (non-hydrogen) atoms. The summed E-state index contributed by atoms with van der Waals surface area (Å²) in [5, 5.41) is 69.4. The lowest BCUT2D eigenvalue weighted by molar-refractivity contribution is -0.166. The summed E-state index contributed by atoms with van der Waals surface area (Å²) < 4.78 is 16.6. The molecule has 0 aromatic heterocycles. The molecule has 14 heteroatoms. The number of phenolic OH excluding ortho intramolecular Hbond substituents is 5. The minimum absolute atomic E-state index is 0.0238. The number of carboxylic acids is 2. The summed E-state index contributed by atoms with van der Waals surface area (Å²) in [6, 6.07) is 17.3. The van der Waals surface area contributed by atoms with Gasteiger partial charge in [-0.15, -0.1) is 0 Å². The second kappa shape index (κ2) is 14.6. The molecule has 0 amide bonds. The molecule has 0 bridgehead atoms. The van der Waals surface area contributed by atoms with Gasteiger partial charge in [0, 0.05) is 24.5 Å². The standard InChI is InChI=1S/C36H30O14/c37-22-8-1-18(2-9-22)15-27(34(43)44)48-29(42)14-7-20-5-13-25(40)33-30(20)31(32(50-33)21-6-12-24(39)26(41)17-21)36(47)49-28(35(45)46)16-19-3-10-23(38)11-4-19/h1-14,17,27-28,31-32,37-41H,15-16H2,(H,43,44)(H,45,46)/b14-7+/t27-,28-,31+,32-/m1/s1. The van der Waals surface area contributed by atoms with E-state index in [1.807, 2.05) is 0 Å². The van der Waals surface area contributed by atoms with Gasteiger partial charge in [-0.1, -0.05) is 36.4 Å². The predicted molar refractivity (Wildman–Crippen MR) is 172 cm³/mol. The van der Waals surface area contributed by atoms with Gasteiger partial charge in [0.05, 0.1) is 0 Å². The highest BCUT2D eigenvalue weighted by Gasteiger charge is 2.46. The van der Waals surface area contributed by atoms with E-state index in [0.29, 0.717) is 11.1 Å². The zero-order valence-electron chi connectivity index (χ0n) is 25.9.